The van der Waals surface area contributed by atoms with Crippen LogP contribution < -0.4 is 5.32 Å². The number of benzene rings is 2. The van der Waals surface area contributed by atoms with Gasteiger partial charge in [-0.1, -0.05) is 29.8 Å². The number of imidazole rings is 1. The first kappa shape index (κ1) is 17.2. The van der Waals surface area contributed by atoms with Gasteiger partial charge in [0, 0.05) is 35.5 Å². The van der Waals surface area contributed by atoms with E-state index in [9.17, 15) is 14.9 Å². The van der Waals surface area contributed by atoms with Gasteiger partial charge in [0.15, 0.2) is 4.96 Å². The first-order valence-corrected chi connectivity index (χ1v) is 9.05. The monoisotopic (exact) mass is 398 g/mol. The Hall–Kier alpha value is -3.23. The number of nitrogens with one attached hydrogen (secondary N) is 1. The molecule has 2 aromatic heterocycles. The van der Waals surface area contributed by atoms with Crippen LogP contribution in [0.4, 0.5) is 11.4 Å². The maximum atomic E-state index is 12.7. The van der Waals surface area contributed by atoms with Crippen LogP contribution in [0, 0.1) is 10.1 Å². The van der Waals surface area contributed by atoms with Crippen molar-refractivity contribution in [3.63, 3.8) is 0 Å². The summed E-state index contributed by atoms with van der Waals surface area (Å²) >= 11 is 7.57. The number of anilines is 1. The van der Waals surface area contributed by atoms with Gasteiger partial charge in [-0.3, -0.25) is 19.3 Å². The highest BCUT2D eigenvalue weighted by molar-refractivity contribution is 7.15. The summed E-state index contributed by atoms with van der Waals surface area (Å²) in [5, 5.41) is 15.8. The summed E-state index contributed by atoms with van der Waals surface area (Å²) in [6.07, 6.45) is 3.78. The van der Waals surface area contributed by atoms with Crippen molar-refractivity contribution < 1.29 is 9.72 Å². The van der Waals surface area contributed by atoms with Gasteiger partial charge in [-0.2, -0.15) is 0 Å². The summed E-state index contributed by atoms with van der Waals surface area (Å²) in [7, 11) is 0. The zero-order valence-electron chi connectivity index (χ0n) is 13.6. The minimum atomic E-state index is -0.571. The van der Waals surface area contributed by atoms with Gasteiger partial charge in [-0.25, -0.2) is 4.98 Å². The highest BCUT2D eigenvalue weighted by Crippen LogP contribution is 2.30. The lowest BCUT2D eigenvalue weighted by Crippen LogP contribution is -2.13. The largest absolute Gasteiger partial charge is 0.321 e. The third-order valence-electron chi connectivity index (χ3n) is 3.95. The van der Waals surface area contributed by atoms with Gasteiger partial charge < -0.3 is 5.32 Å². The van der Waals surface area contributed by atoms with Crippen LogP contribution in [-0.2, 0) is 0 Å². The number of nitro benzene ring substituents is 1. The van der Waals surface area contributed by atoms with Crippen molar-refractivity contribution in [1.82, 2.24) is 9.38 Å². The molecular formula is C18H11ClN4O3S. The molecule has 0 unspecified atom stereocenters. The average Bonchev–Trinajstić information content (AvgIpc) is 3.24. The number of para-hydroxylation sites is 1. The third-order valence-corrected chi connectivity index (χ3v) is 5.05. The summed E-state index contributed by atoms with van der Waals surface area (Å²) in [6.45, 7) is 0. The number of fused-ring (bicyclic) bond motifs is 1. The van der Waals surface area contributed by atoms with Crippen molar-refractivity contribution in [2.45, 2.75) is 0 Å². The second-order valence-electron chi connectivity index (χ2n) is 5.64. The molecule has 9 heteroatoms. The molecule has 4 aromatic rings. The molecule has 2 heterocycles. The molecule has 0 bridgehead atoms. The molecule has 0 fully saturated rings. The minimum absolute atomic E-state index is 0.0338. The predicted molar refractivity (Wildman–Crippen MR) is 105 cm³/mol. The number of rotatable bonds is 4. The summed E-state index contributed by atoms with van der Waals surface area (Å²) in [5.74, 6) is -0.530. The number of hydrogen-bond acceptors (Lipinski definition) is 5. The van der Waals surface area contributed by atoms with Crippen LogP contribution in [0.5, 0.6) is 0 Å². The number of nitrogens with zero attached hydrogens (tertiary/aromatic N) is 3. The third kappa shape index (κ3) is 3.27. The van der Waals surface area contributed by atoms with E-state index in [1.54, 1.807) is 12.1 Å². The number of carbonyl (C=O) groups excluding carboxylic acids is 1. The van der Waals surface area contributed by atoms with Crippen molar-refractivity contribution in [3.05, 3.63) is 80.9 Å². The fourth-order valence-electron chi connectivity index (χ4n) is 2.66. The molecule has 0 aliphatic carbocycles. The number of nitro groups is 1. The van der Waals surface area contributed by atoms with Gasteiger partial charge in [0.1, 0.15) is 0 Å². The molecule has 0 aliphatic rings. The van der Waals surface area contributed by atoms with E-state index < -0.39 is 10.8 Å². The Bertz CT molecular complexity index is 1160. The Morgan fingerprint density at radius 1 is 1.26 bits per heavy atom. The number of aromatic nitrogens is 2. The Morgan fingerprint density at radius 2 is 2.07 bits per heavy atom. The lowest BCUT2D eigenvalue weighted by Gasteiger charge is -2.10. The molecule has 0 atom stereocenters. The molecule has 2 aromatic carbocycles. The number of hydrogen-bond donors (Lipinski definition) is 1. The van der Waals surface area contributed by atoms with Crippen LogP contribution in [0.2, 0.25) is 5.02 Å². The van der Waals surface area contributed by atoms with Crippen LogP contribution in [-0.4, -0.2) is 20.2 Å². The first-order chi connectivity index (χ1) is 13.0. The Labute approximate surface area is 162 Å². The van der Waals surface area contributed by atoms with E-state index in [0.29, 0.717) is 11.4 Å². The van der Waals surface area contributed by atoms with Crippen LogP contribution in [0.15, 0.2) is 60.2 Å². The van der Waals surface area contributed by atoms with Crippen molar-refractivity contribution in [3.8, 4) is 11.3 Å². The number of amides is 1. The molecule has 134 valence electrons. The van der Waals surface area contributed by atoms with Crippen molar-refractivity contribution >= 4 is 45.2 Å². The maximum absolute atomic E-state index is 12.7. The minimum Gasteiger partial charge on any atom is -0.321 e. The fraction of sp³-hybridized carbons (Fsp3) is 0. The summed E-state index contributed by atoms with van der Waals surface area (Å²) < 4.78 is 1.90. The molecule has 7 nitrogen and oxygen atoms in total. The number of non-ortho nitro benzene ring substituents is 1. The lowest BCUT2D eigenvalue weighted by atomic mass is 10.1. The van der Waals surface area contributed by atoms with Gasteiger partial charge in [-0.15, -0.1) is 11.3 Å². The van der Waals surface area contributed by atoms with E-state index >= 15 is 0 Å². The van der Waals surface area contributed by atoms with Crippen LogP contribution in [0.3, 0.4) is 0 Å². The Kier molecular flexibility index (Phi) is 4.35. The number of thiazole rings is 1. The van der Waals surface area contributed by atoms with Gasteiger partial charge in [0.2, 0.25) is 0 Å². The first-order valence-electron chi connectivity index (χ1n) is 7.80. The molecular weight excluding hydrogens is 388 g/mol. The number of carbonyl (C=O) groups is 1. The molecule has 0 saturated heterocycles. The topological polar surface area (TPSA) is 89.5 Å². The van der Waals surface area contributed by atoms with Crippen LogP contribution >= 0.6 is 22.9 Å². The predicted octanol–water partition coefficient (Wildman–Crippen LogP) is 4.88. The zero-order chi connectivity index (χ0) is 19.0. The molecule has 0 radical (unpaired) electrons. The second-order valence-corrected chi connectivity index (χ2v) is 6.92. The van der Waals surface area contributed by atoms with Gasteiger partial charge in [0.05, 0.1) is 26.9 Å². The van der Waals surface area contributed by atoms with Gasteiger partial charge in [-0.05, 0) is 12.1 Å². The number of halogens is 1. The van der Waals surface area contributed by atoms with Crippen molar-refractivity contribution in [2.24, 2.45) is 0 Å². The van der Waals surface area contributed by atoms with E-state index in [2.05, 4.69) is 10.3 Å². The quantitative estimate of drug-likeness (QED) is 0.392. The molecule has 0 aliphatic heterocycles. The summed E-state index contributed by atoms with van der Waals surface area (Å²) in [6, 6.07) is 11.0. The lowest BCUT2D eigenvalue weighted by molar-refractivity contribution is -0.384. The Morgan fingerprint density at radius 3 is 2.85 bits per heavy atom. The molecule has 4 rings (SSSR count). The van der Waals surface area contributed by atoms with E-state index in [1.807, 2.05) is 34.3 Å². The summed E-state index contributed by atoms with van der Waals surface area (Å²) in [4.78, 5) is 28.5. The van der Waals surface area contributed by atoms with E-state index in [1.165, 1.54) is 23.5 Å². The molecule has 0 spiro atoms. The van der Waals surface area contributed by atoms with E-state index in [4.69, 9.17) is 11.6 Å². The standard InChI is InChI=1S/C18H11ClN4O3S/c19-14-6-5-11(23(25)26)9-13(14)17(24)20-15-4-2-1-3-12(15)16-10-22-7-8-27-18(22)21-16/h1-10H,(H,20,24). The smallest absolute Gasteiger partial charge is 0.270 e. The van der Waals surface area contributed by atoms with E-state index in [-0.39, 0.29) is 16.3 Å². The average molecular weight is 399 g/mol. The maximum Gasteiger partial charge on any atom is 0.270 e. The normalized spacial score (nSPS) is 10.9. The molecule has 27 heavy (non-hydrogen) atoms. The highest BCUT2D eigenvalue weighted by atomic mass is 35.5. The second kappa shape index (κ2) is 6.82. The fourth-order valence-corrected chi connectivity index (χ4v) is 3.57. The van der Waals surface area contributed by atoms with Gasteiger partial charge in [0.25, 0.3) is 11.6 Å². The SMILES string of the molecule is O=C(Nc1ccccc1-c1cn2ccsc2n1)c1cc([N+](=O)[O-])ccc1Cl. The van der Waals surface area contributed by atoms with Crippen LogP contribution in [0.1, 0.15) is 10.4 Å². The van der Waals surface area contributed by atoms with Gasteiger partial charge >= 0.3 is 0 Å². The zero-order valence-corrected chi connectivity index (χ0v) is 15.2. The molecule has 0 saturated carbocycles. The molecule has 1 amide bonds. The van der Waals surface area contributed by atoms with Crippen molar-refractivity contribution in [2.75, 3.05) is 5.32 Å². The molecule has 1 N–H and O–H groups in total. The highest BCUT2D eigenvalue weighted by Gasteiger charge is 2.18. The van der Waals surface area contributed by atoms with Crippen LogP contribution in [0.25, 0.3) is 16.2 Å². The summed E-state index contributed by atoms with van der Waals surface area (Å²) in [5.41, 5.74) is 1.82. The van der Waals surface area contributed by atoms with Crippen molar-refractivity contribution in [1.29, 1.82) is 0 Å². The Balaban J connectivity index is 1.69. The van der Waals surface area contributed by atoms with E-state index in [0.717, 1.165) is 16.6 Å².